The SMILES string of the molecule is COc1cc(C(O)C(C)N)c(Br)cc1O. The van der Waals surface area contributed by atoms with Gasteiger partial charge in [-0.1, -0.05) is 15.9 Å². The van der Waals surface area contributed by atoms with E-state index in [1.165, 1.54) is 13.2 Å². The number of hydrogen-bond acceptors (Lipinski definition) is 4. The van der Waals surface area contributed by atoms with Crippen molar-refractivity contribution in [3.63, 3.8) is 0 Å². The topological polar surface area (TPSA) is 75.7 Å². The second-order valence-electron chi connectivity index (χ2n) is 3.35. The fraction of sp³-hybridized carbons (Fsp3) is 0.400. The number of aromatic hydroxyl groups is 1. The largest absolute Gasteiger partial charge is 0.504 e. The van der Waals surface area contributed by atoms with E-state index in [4.69, 9.17) is 10.5 Å². The molecule has 0 saturated heterocycles. The zero-order valence-electron chi connectivity index (χ0n) is 8.57. The molecule has 4 N–H and O–H groups in total. The summed E-state index contributed by atoms with van der Waals surface area (Å²) in [7, 11) is 1.45. The highest BCUT2D eigenvalue weighted by atomic mass is 79.9. The van der Waals surface area contributed by atoms with E-state index in [1.807, 2.05) is 0 Å². The van der Waals surface area contributed by atoms with Crippen LogP contribution < -0.4 is 10.5 Å². The molecule has 0 aliphatic rings. The van der Waals surface area contributed by atoms with Crippen LogP contribution in [-0.4, -0.2) is 23.4 Å². The molecular formula is C10H14BrNO3. The molecular weight excluding hydrogens is 262 g/mol. The first-order chi connectivity index (χ1) is 6.97. The van der Waals surface area contributed by atoms with Gasteiger partial charge in [-0.3, -0.25) is 0 Å². The summed E-state index contributed by atoms with van der Waals surface area (Å²) in [6.07, 6.45) is -0.797. The number of aliphatic hydroxyl groups excluding tert-OH is 1. The molecule has 15 heavy (non-hydrogen) atoms. The number of nitrogens with two attached hydrogens (primary N) is 1. The van der Waals surface area contributed by atoms with Gasteiger partial charge in [0.2, 0.25) is 0 Å². The van der Waals surface area contributed by atoms with Crippen molar-refractivity contribution in [2.45, 2.75) is 19.1 Å². The Morgan fingerprint density at radius 1 is 1.47 bits per heavy atom. The van der Waals surface area contributed by atoms with Gasteiger partial charge in [-0.25, -0.2) is 0 Å². The van der Waals surface area contributed by atoms with Crippen LogP contribution in [0.3, 0.4) is 0 Å². The quantitative estimate of drug-likeness (QED) is 0.782. The molecule has 84 valence electrons. The molecule has 1 rings (SSSR count). The Kier molecular flexibility index (Phi) is 3.96. The molecule has 0 aliphatic carbocycles. The van der Waals surface area contributed by atoms with Gasteiger partial charge in [0.05, 0.1) is 13.2 Å². The zero-order valence-corrected chi connectivity index (χ0v) is 10.2. The molecule has 1 aromatic rings. The van der Waals surface area contributed by atoms with Gasteiger partial charge in [0, 0.05) is 16.1 Å². The van der Waals surface area contributed by atoms with Crippen LogP contribution in [0.2, 0.25) is 0 Å². The molecule has 5 heteroatoms. The summed E-state index contributed by atoms with van der Waals surface area (Å²) >= 11 is 3.25. The monoisotopic (exact) mass is 275 g/mol. The second kappa shape index (κ2) is 4.83. The summed E-state index contributed by atoms with van der Waals surface area (Å²) in [5.41, 5.74) is 6.19. The number of phenolic OH excluding ortho intramolecular Hbond substituents is 1. The number of aliphatic hydroxyl groups is 1. The molecule has 0 fully saturated rings. The molecule has 0 radical (unpaired) electrons. The zero-order chi connectivity index (χ0) is 11.6. The van der Waals surface area contributed by atoms with E-state index in [0.29, 0.717) is 15.8 Å². The van der Waals surface area contributed by atoms with E-state index < -0.39 is 12.1 Å². The van der Waals surface area contributed by atoms with Gasteiger partial charge in [-0.05, 0) is 19.1 Å². The molecule has 0 bridgehead atoms. The van der Waals surface area contributed by atoms with E-state index in [0.717, 1.165) is 0 Å². The minimum Gasteiger partial charge on any atom is -0.504 e. The summed E-state index contributed by atoms with van der Waals surface area (Å²) in [6, 6.07) is 2.64. The summed E-state index contributed by atoms with van der Waals surface area (Å²) in [5.74, 6) is 0.331. The van der Waals surface area contributed by atoms with Crippen molar-refractivity contribution < 1.29 is 14.9 Å². The molecule has 0 spiro atoms. The third-order valence-electron chi connectivity index (χ3n) is 2.11. The van der Waals surface area contributed by atoms with Crippen molar-refractivity contribution >= 4 is 15.9 Å². The van der Waals surface area contributed by atoms with E-state index in [1.54, 1.807) is 13.0 Å². The normalized spacial score (nSPS) is 14.7. The predicted octanol–water partition coefficient (Wildman–Crippen LogP) is 1.54. The van der Waals surface area contributed by atoms with Crippen LogP contribution in [0.4, 0.5) is 0 Å². The predicted molar refractivity (Wildman–Crippen MR) is 61.0 cm³/mol. The molecule has 1 aromatic carbocycles. The lowest BCUT2D eigenvalue weighted by molar-refractivity contribution is 0.152. The standard InChI is InChI=1S/C10H14BrNO3/c1-5(12)10(14)6-3-9(15-2)8(13)4-7(6)11/h3-5,10,13-14H,12H2,1-2H3. The van der Waals surface area contributed by atoms with Crippen LogP contribution >= 0.6 is 15.9 Å². The minimum atomic E-state index is -0.797. The van der Waals surface area contributed by atoms with Gasteiger partial charge in [0.25, 0.3) is 0 Å². The van der Waals surface area contributed by atoms with Gasteiger partial charge >= 0.3 is 0 Å². The van der Waals surface area contributed by atoms with E-state index in [2.05, 4.69) is 15.9 Å². The Bertz CT molecular complexity index is 355. The summed E-state index contributed by atoms with van der Waals surface area (Å²) < 4.78 is 5.55. The van der Waals surface area contributed by atoms with Gasteiger partial charge in [-0.15, -0.1) is 0 Å². The summed E-state index contributed by atoms with van der Waals surface area (Å²) in [4.78, 5) is 0. The molecule has 0 saturated carbocycles. The van der Waals surface area contributed by atoms with Gasteiger partial charge in [0.1, 0.15) is 0 Å². The van der Waals surface area contributed by atoms with Crippen LogP contribution in [0, 0.1) is 0 Å². The first kappa shape index (κ1) is 12.3. The van der Waals surface area contributed by atoms with Gasteiger partial charge in [0.15, 0.2) is 11.5 Å². The molecule has 2 unspecified atom stereocenters. The van der Waals surface area contributed by atoms with Crippen molar-refractivity contribution in [3.05, 3.63) is 22.2 Å². The smallest absolute Gasteiger partial charge is 0.160 e. The van der Waals surface area contributed by atoms with E-state index in [-0.39, 0.29) is 5.75 Å². The number of methoxy groups -OCH3 is 1. The Morgan fingerprint density at radius 2 is 2.07 bits per heavy atom. The fourth-order valence-corrected chi connectivity index (χ4v) is 1.80. The van der Waals surface area contributed by atoms with Crippen LogP contribution in [0.1, 0.15) is 18.6 Å². The molecule has 0 heterocycles. The number of rotatable bonds is 3. The lowest BCUT2D eigenvalue weighted by Crippen LogP contribution is -2.24. The maximum absolute atomic E-state index is 9.80. The van der Waals surface area contributed by atoms with Crippen molar-refractivity contribution in [2.75, 3.05) is 7.11 Å². The van der Waals surface area contributed by atoms with Crippen molar-refractivity contribution in [1.29, 1.82) is 0 Å². The minimum absolute atomic E-state index is 0.0185. The number of benzene rings is 1. The fourth-order valence-electron chi connectivity index (χ4n) is 1.23. The maximum Gasteiger partial charge on any atom is 0.160 e. The lowest BCUT2D eigenvalue weighted by Gasteiger charge is -2.17. The lowest BCUT2D eigenvalue weighted by atomic mass is 10.0. The number of phenols is 1. The average molecular weight is 276 g/mol. The van der Waals surface area contributed by atoms with Crippen molar-refractivity contribution in [1.82, 2.24) is 0 Å². The number of halogens is 1. The maximum atomic E-state index is 9.80. The Hall–Kier alpha value is -0.780. The Balaban J connectivity index is 3.18. The number of ether oxygens (including phenoxy) is 1. The van der Waals surface area contributed by atoms with Crippen LogP contribution in [-0.2, 0) is 0 Å². The first-order valence-corrected chi connectivity index (χ1v) is 5.26. The molecule has 0 amide bonds. The van der Waals surface area contributed by atoms with Crippen LogP contribution in [0.15, 0.2) is 16.6 Å². The highest BCUT2D eigenvalue weighted by Gasteiger charge is 2.18. The third-order valence-corrected chi connectivity index (χ3v) is 2.80. The Labute approximate surface area is 96.8 Å². The highest BCUT2D eigenvalue weighted by molar-refractivity contribution is 9.10. The van der Waals surface area contributed by atoms with Gasteiger partial charge in [-0.2, -0.15) is 0 Å². The summed E-state index contributed by atoms with van der Waals surface area (Å²) in [5, 5.41) is 19.3. The number of hydrogen-bond donors (Lipinski definition) is 3. The van der Waals surface area contributed by atoms with Crippen molar-refractivity contribution in [2.24, 2.45) is 5.73 Å². The average Bonchev–Trinajstić information content (AvgIpc) is 2.17. The molecule has 0 aromatic heterocycles. The second-order valence-corrected chi connectivity index (χ2v) is 4.20. The van der Waals surface area contributed by atoms with Crippen LogP contribution in [0.25, 0.3) is 0 Å². The summed E-state index contributed by atoms with van der Waals surface area (Å²) in [6.45, 7) is 1.70. The molecule has 2 atom stereocenters. The highest BCUT2D eigenvalue weighted by Crippen LogP contribution is 2.35. The Morgan fingerprint density at radius 3 is 2.53 bits per heavy atom. The van der Waals surface area contributed by atoms with E-state index >= 15 is 0 Å². The van der Waals surface area contributed by atoms with Gasteiger partial charge < -0.3 is 20.7 Å². The van der Waals surface area contributed by atoms with Crippen LogP contribution in [0.5, 0.6) is 11.5 Å². The third kappa shape index (κ3) is 2.62. The van der Waals surface area contributed by atoms with Crippen molar-refractivity contribution in [3.8, 4) is 11.5 Å². The molecule has 0 aliphatic heterocycles. The van der Waals surface area contributed by atoms with E-state index in [9.17, 15) is 10.2 Å². The molecule has 4 nitrogen and oxygen atoms in total. The first-order valence-electron chi connectivity index (χ1n) is 4.47.